The molecule has 0 amide bonds. The van der Waals surface area contributed by atoms with Gasteiger partial charge in [-0.05, 0) is 54.9 Å². The summed E-state index contributed by atoms with van der Waals surface area (Å²) >= 11 is 11.4. The Morgan fingerprint density at radius 1 is 1.10 bits per heavy atom. The lowest BCUT2D eigenvalue weighted by Gasteiger charge is -2.15. The molecule has 20 heavy (non-hydrogen) atoms. The van der Waals surface area contributed by atoms with Crippen LogP contribution in [0.3, 0.4) is 0 Å². The van der Waals surface area contributed by atoms with Gasteiger partial charge in [-0.15, -0.1) is 0 Å². The predicted octanol–water partition coefficient (Wildman–Crippen LogP) is 5.02. The van der Waals surface area contributed by atoms with E-state index in [0.717, 1.165) is 23.4 Å². The molecular weight excluding hydrogens is 288 g/mol. The minimum Gasteiger partial charge on any atom is -0.332 e. The van der Waals surface area contributed by atoms with Gasteiger partial charge in [0.15, 0.2) is 5.11 Å². The second-order valence-corrected chi connectivity index (χ2v) is 5.39. The number of hydrogen-bond acceptors (Lipinski definition) is 1. The van der Waals surface area contributed by atoms with E-state index in [1.54, 1.807) is 0 Å². The van der Waals surface area contributed by atoms with Gasteiger partial charge in [0.1, 0.15) is 0 Å². The molecule has 0 heterocycles. The molecule has 2 aromatic carbocycles. The lowest BCUT2D eigenvalue weighted by atomic mass is 10.1. The molecule has 0 radical (unpaired) electrons. The third-order valence-electron chi connectivity index (χ3n) is 3.09. The number of rotatable bonds is 3. The maximum absolute atomic E-state index is 6.00. The number of para-hydroxylation sites is 1. The van der Waals surface area contributed by atoms with Crippen molar-refractivity contribution in [2.24, 2.45) is 0 Å². The van der Waals surface area contributed by atoms with Crippen molar-refractivity contribution in [3.8, 4) is 0 Å². The molecule has 4 heteroatoms. The summed E-state index contributed by atoms with van der Waals surface area (Å²) in [6, 6.07) is 13.8. The molecule has 2 aromatic rings. The van der Waals surface area contributed by atoms with Gasteiger partial charge in [-0.2, -0.15) is 0 Å². The van der Waals surface area contributed by atoms with Crippen LogP contribution in [0, 0.1) is 6.92 Å². The topological polar surface area (TPSA) is 24.1 Å². The van der Waals surface area contributed by atoms with Crippen LogP contribution in [0.5, 0.6) is 0 Å². The second-order valence-electron chi connectivity index (χ2n) is 4.55. The van der Waals surface area contributed by atoms with Gasteiger partial charge in [0.05, 0.1) is 0 Å². The highest BCUT2D eigenvalue weighted by atomic mass is 35.5. The summed E-state index contributed by atoms with van der Waals surface area (Å²) in [6.45, 7) is 4.14. The Bertz CT molecular complexity index is 626. The number of anilines is 2. The lowest BCUT2D eigenvalue weighted by molar-refractivity contribution is 1.14. The van der Waals surface area contributed by atoms with Crippen molar-refractivity contribution in [3.63, 3.8) is 0 Å². The Morgan fingerprint density at radius 3 is 2.55 bits per heavy atom. The van der Waals surface area contributed by atoms with E-state index >= 15 is 0 Å². The average molecular weight is 305 g/mol. The maximum atomic E-state index is 6.00. The molecule has 0 saturated heterocycles. The summed E-state index contributed by atoms with van der Waals surface area (Å²) in [4.78, 5) is 0. The zero-order valence-corrected chi connectivity index (χ0v) is 13.1. The van der Waals surface area contributed by atoms with Crippen molar-refractivity contribution in [1.82, 2.24) is 0 Å². The third-order valence-corrected chi connectivity index (χ3v) is 3.53. The number of benzene rings is 2. The SMILES string of the molecule is CCc1ccccc1NC(=S)Nc1cc(Cl)ccc1C. The van der Waals surface area contributed by atoms with Crippen LogP contribution in [0.4, 0.5) is 11.4 Å². The summed E-state index contributed by atoms with van der Waals surface area (Å²) in [7, 11) is 0. The van der Waals surface area contributed by atoms with Crippen LogP contribution in [0.25, 0.3) is 0 Å². The molecule has 0 unspecified atom stereocenters. The van der Waals surface area contributed by atoms with Gasteiger partial charge in [-0.1, -0.05) is 42.8 Å². The van der Waals surface area contributed by atoms with Gasteiger partial charge in [0, 0.05) is 16.4 Å². The highest BCUT2D eigenvalue weighted by Gasteiger charge is 2.05. The van der Waals surface area contributed by atoms with Gasteiger partial charge in [0.25, 0.3) is 0 Å². The molecule has 2 rings (SSSR count). The minimum absolute atomic E-state index is 0.566. The molecule has 0 saturated carbocycles. The number of hydrogen-bond donors (Lipinski definition) is 2. The van der Waals surface area contributed by atoms with Crippen LogP contribution in [-0.4, -0.2) is 5.11 Å². The molecule has 2 N–H and O–H groups in total. The Kier molecular flexibility index (Phi) is 4.99. The van der Waals surface area contributed by atoms with Gasteiger partial charge in [-0.25, -0.2) is 0 Å². The number of thiocarbonyl (C=S) groups is 1. The van der Waals surface area contributed by atoms with Crippen molar-refractivity contribution in [2.45, 2.75) is 20.3 Å². The van der Waals surface area contributed by atoms with Crippen LogP contribution < -0.4 is 10.6 Å². The number of aryl methyl sites for hydroxylation is 2. The van der Waals surface area contributed by atoms with E-state index in [0.29, 0.717) is 10.1 Å². The van der Waals surface area contributed by atoms with Gasteiger partial charge < -0.3 is 10.6 Å². The first-order valence-corrected chi connectivity index (χ1v) is 7.31. The number of halogens is 1. The summed E-state index contributed by atoms with van der Waals surface area (Å²) in [5.41, 5.74) is 4.29. The first-order valence-electron chi connectivity index (χ1n) is 6.52. The normalized spacial score (nSPS) is 10.2. The molecule has 0 aliphatic heterocycles. The Morgan fingerprint density at radius 2 is 1.80 bits per heavy atom. The van der Waals surface area contributed by atoms with E-state index in [-0.39, 0.29) is 0 Å². The standard InChI is InChI=1S/C16H17ClN2S/c1-3-12-6-4-5-7-14(12)18-16(20)19-15-10-13(17)9-8-11(15)2/h4-10H,3H2,1-2H3,(H2,18,19,20). The highest BCUT2D eigenvalue weighted by Crippen LogP contribution is 2.21. The van der Waals surface area contributed by atoms with Crippen LogP contribution in [0.15, 0.2) is 42.5 Å². The van der Waals surface area contributed by atoms with Gasteiger partial charge in [-0.3, -0.25) is 0 Å². The Labute approximate surface area is 130 Å². The van der Waals surface area contributed by atoms with E-state index < -0.39 is 0 Å². The molecule has 0 spiro atoms. The van der Waals surface area contributed by atoms with Crippen molar-refractivity contribution in [3.05, 3.63) is 58.6 Å². The lowest BCUT2D eigenvalue weighted by Crippen LogP contribution is -2.20. The summed E-state index contributed by atoms with van der Waals surface area (Å²) in [5, 5.41) is 7.68. The van der Waals surface area contributed by atoms with Crippen molar-refractivity contribution < 1.29 is 0 Å². The average Bonchev–Trinajstić information content (AvgIpc) is 2.43. The molecule has 104 valence electrons. The van der Waals surface area contributed by atoms with Crippen molar-refractivity contribution in [1.29, 1.82) is 0 Å². The fourth-order valence-corrected chi connectivity index (χ4v) is 2.35. The number of nitrogens with one attached hydrogen (secondary N) is 2. The molecule has 0 bridgehead atoms. The van der Waals surface area contributed by atoms with Crippen LogP contribution in [-0.2, 0) is 6.42 Å². The fraction of sp³-hybridized carbons (Fsp3) is 0.188. The van der Waals surface area contributed by atoms with E-state index in [9.17, 15) is 0 Å². The van der Waals surface area contributed by atoms with Crippen molar-refractivity contribution in [2.75, 3.05) is 10.6 Å². The van der Waals surface area contributed by atoms with Gasteiger partial charge in [0.2, 0.25) is 0 Å². The van der Waals surface area contributed by atoms with E-state index in [4.69, 9.17) is 23.8 Å². The predicted molar refractivity (Wildman–Crippen MR) is 91.9 cm³/mol. The first-order chi connectivity index (χ1) is 9.60. The fourth-order valence-electron chi connectivity index (χ4n) is 1.96. The maximum Gasteiger partial charge on any atom is 0.175 e. The zero-order valence-electron chi connectivity index (χ0n) is 11.5. The molecule has 0 atom stereocenters. The smallest absolute Gasteiger partial charge is 0.175 e. The molecule has 0 fully saturated rings. The molecule has 0 aromatic heterocycles. The highest BCUT2D eigenvalue weighted by molar-refractivity contribution is 7.80. The van der Waals surface area contributed by atoms with Crippen LogP contribution >= 0.6 is 23.8 Å². The van der Waals surface area contributed by atoms with Crippen LogP contribution in [0.1, 0.15) is 18.1 Å². The Balaban J connectivity index is 2.11. The van der Waals surface area contributed by atoms with E-state index in [1.165, 1.54) is 5.56 Å². The molecule has 0 aliphatic carbocycles. The summed E-state index contributed by atoms with van der Waals surface area (Å²) in [6.07, 6.45) is 0.960. The molecule has 0 aliphatic rings. The molecule has 2 nitrogen and oxygen atoms in total. The van der Waals surface area contributed by atoms with Crippen molar-refractivity contribution >= 4 is 40.3 Å². The zero-order chi connectivity index (χ0) is 14.5. The van der Waals surface area contributed by atoms with E-state index in [1.807, 2.05) is 43.3 Å². The quantitative estimate of drug-likeness (QED) is 0.779. The molecular formula is C16H17ClN2S. The van der Waals surface area contributed by atoms with Crippen LogP contribution in [0.2, 0.25) is 5.02 Å². The third kappa shape index (κ3) is 3.71. The summed E-state index contributed by atoms with van der Waals surface area (Å²) in [5.74, 6) is 0. The second kappa shape index (κ2) is 6.73. The van der Waals surface area contributed by atoms with Gasteiger partial charge >= 0.3 is 0 Å². The first kappa shape index (κ1) is 14.8. The largest absolute Gasteiger partial charge is 0.332 e. The van der Waals surface area contributed by atoms with E-state index in [2.05, 4.69) is 23.6 Å². The Hall–Kier alpha value is -1.58. The minimum atomic E-state index is 0.566. The summed E-state index contributed by atoms with van der Waals surface area (Å²) < 4.78 is 0. The monoisotopic (exact) mass is 304 g/mol.